The zero-order valence-corrected chi connectivity index (χ0v) is 17.6. The number of hydrogen-bond donors (Lipinski definition) is 0. The smallest absolute Gasteiger partial charge is 0.316 e. The van der Waals surface area contributed by atoms with Gasteiger partial charge in [-0.25, -0.2) is 0 Å². The van der Waals surface area contributed by atoms with Crippen LogP contribution < -0.4 is 0 Å². The number of ether oxygens (including phenoxy) is 1. The Labute approximate surface area is 166 Å². The molecule has 0 aliphatic heterocycles. The fourth-order valence-electron chi connectivity index (χ4n) is 6.38. The molecule has 0 heterocycles. The SMILES string of the molecule is CCC[C@H]1CC[C@H]([C@H]2CC[C@H](C3CCC(C(=O)OCC)C(=O)C3)CC2)CC1. The summed E-state index contributed by atoms with van der Waals surface area (Å²) in [6, 6.07) is 0. The van der Waals surface area contributed by atoms with Crippen molar-refractivity contribution >= 4 is 11.8 Å². The topological polar surface area (TPSA) is 43.4 Å². The zero-order valence-electron chi connectivity index (χ0n) is 17.6. The fraction of sp³-hybridized carbons (Fsp3) is 0.917. The third-order valence-corrected chi connectivity index (χ3v) is 7.99. The molecule has 3 fully saturated rings. The van der Waals surface area contributed by atoms with Crippen LogP contribution in [0.25, 0.3) is 0 Å². The summed E-state index contributed by atoms with van der Waals surface area (Å²) in [5.41, 5.74) is 0. The Bertz CT molecular complexity index is 484. The summed E-state index contributed by atoms with van der Waals surface area (Å²) in [7, 11) is 0. The Morgan fingerprint density at radius 1 is 0.815 bits per heavy atom. The molecule has 0 amide bonds. The van der Waals surface area contributed by atoms with Crippen LogP contribution in [0.1, 0.15) is 97.3 Å². The number of esters is 1. The molecule has 2 unspecified atom stereocenters. The molecule has 0 N–H and O–H groups in total. The normalized spacial score (nSPS) is 37.8. The van der Waals surface area contributed by atoms with Crippen molar-refractivity contribution in [2.75, 3.05) is 6.61 Å². The molecule has 27 heavy (non-hydrogen) atoms. The van der Waals surface area contributed by atoms with E-state index in [-0.39, 0.29) is 11.8 Å². The maximum absolute atomic E-state index is 12.5. The highest BCUT2D eigenvalue weighted by Crippen LogP contribution is 2.45. The first kappa shape index (κ1) is 20.9. The molecule has 3 aliphatic carbocycles. The summed E-state index contributed by atoms with van der Waals surface area (Å²) in [5, 5.41) is 0. The van der Waals surface area contributed by atoms with E-state index in [0.717, 1.165) is 24.2 Å². The minimum Gasteiger partial charge on any atom is -0.465 e. The lowest BCUT2D eigenvalue weighted by atomic mass is 9.64. The molecule has 3 heteroatoms. The van der Waals surface area contributed by atoms with Crippen LogP contribution in [0.5, 0.6) is 0 Å². The van der Waals surface area contributed by atoms with E-state index in [9.17, 15) is 9.59 Å². The van der Waals surface area contributed by atoms with Crippen LogP contribution in [-0.2, 0) is 14.3 Å². The highest BCUT2D eigenvalue weighted by atomic mass is 16.5. The molecule has 3 rings (SSSR count). The monoisotopic (exact) mass is 376 g/mol. The molecule has 3 nitrogen and oxygen atoms in total. The van der Waals surface area contributed by atoms with Crippen LogP contribution in [0.3, 0.4) is 0 Å². The average molecular weight is 377 g/mol. The van der Waals surface area contributed by atoms with Gasteiger partial charge in [-0.3, -0.25) is 9.59 Å². The van der Waals surface area contributed by atoms with Crippen molar-refractivity contribution in [2.24, 2.45) is 35.5 Å². The Kier molecular flexibility index (Phi) is 7.78. The van der Waals surface area contributed by atoms with Gasteiger partial charge in [0.25, 0.3) is 0 Å². The number of carbonyl (C=O) groups excluding carboxylic acids is 2. The second-order valence-electron chi connectivity index (χ2n) is 9.56. The summed E-state index contributed by atoms with van der Waals surface area (Å²) in [6.07, 6.45) is 16.3. The number of carbonyl (C=O) groups is 2. The van der Waals surface area contributed by atoms with Crippen LogP contribution in [0.4, 0.5) is 0 Å². The van der Waals surface area contributed by atoms with Crippen molar-refractivity contribution in [3.05, 3.63) is 0 Å². The van der Waals surface area contributed by atoms with E-state index in [0.29, 0.717) is 31.3 Å². The highest BCUT2D eigenvalue weighted by Gasteiger charge is 2.39. The van der Waals surface area contributed by atoms with Gasteiger partial charge in [-0.05, 0) is 87.9 Å². The molecule has 0 radical (unpaired) electrons. The van der Waals surface area contributed by atoms with Gasteiger partial charge in [0.1, 0.15) is 11.7 Å². The largest absolute Gasteiger partial charge is 0.465 e. The average Bonchev–Trinajstić information content (AvgIpc) is 2.69. The quantitative estimate of drug-likeness (QED) is 0.425. The first-order valence-electron chi connectivity index (χ1n) is 11.8. The molecular formula is C24H40O3. The Balaban J connectivity index is 1.41. The lowest BCUT2D eigenvalue weighted by Crippen LogP contribution is -2.36. The van der Waals surface area contributed by atoms with Gasteiger partial charge in [0.2, 0.25) is 0 Å². The van der Waals surface area contributed by atoms with Crippen LogP contribution >= 0.6 is 0 Å². The van der Waals surface area contributed by atoms with Gasteiger partial charge in [-0.1, -0.05) is 32.6 Å². The molecule has 154 valence electrons. The fourth-order valence-corrected chi connectivity index (χ4v) is 6.38. The van der Waals surface area contributed by atoms with Gasteiger partial charge in [0, 0.05) is 6.42 Å². The Morgan fingerprint density at radius 2 is 1.33 bits per heavy atom. The van der Waals surface area contributed by atoms with Crippen LogP contribution in [0.15, 0.2) is 0 Å². The van der Waals surface area contributed by atoms with E-state index in [1.165, 1.54) is 64.2 Å². The first-order valence-corrected chi connectivity index (χ1v) is 11.8. The van der Waals surface area contributed by atoms with Crippen molar-refractivity contribution in [3.63, 3.8) is 0 Å². The third kappa shape index (κ3) is 5.35. The van der Waals surface area contributed by atoms with Crippen molar-refractivity contribution in [3.8, 4) is 0 Å². The molecule has 0 spiro atoms. The van der Waals surface area contributed by atoms with Crippen LogP contribution in [-0.4, -0.2) is 18.4 Å². The second-order valence-corrected chi connectivity index (χ2v) is 9.56. The Hall–Kier alpha value is -0.860. The van der Waals surface area contributed by atoms with Gasteiger partial charge >= 0.3 is 5.97 Å². The predicted octanol–water partition coefficient (Wildman–Crippen LogP) is 5.95. The number of rotatable bonds is 6. The maximum Gasteiger partial charge on any atom is 0.316 e. The molecule has 0 aromatic heterocycles. The maximum atomic E-state index is 12.5. The number of Topliss-reactive ketones (excluding diaryl/α,β-unsaturated/α-hetero) is 1. The Morgan fingerprint density at radius 3 is 1.85 bits per heavy atom. The molecule has 0 bridgehead atoms. The summed E-state index contributed by atoms with van der Waals surface area (Å²) >= 11 is 0. The number of ketones is 1. The zero-order chi connectivity index (χ0) is 19.2. The number of hydrogen-bond acceptors (Lipinski definition) is 3. The summed E-state index contributed by atoms with van der Waals surface area (Å²) in [6.45, 7) is 4.50. The summed E-state index contributed by atoms with van der Waals surface area (Å²) in [4.78, 5) is 24.4. The van der Waals surface area contributed by atoms with E-state index in [1.807, 2.05) is 6.92 Å². The predicted molar refractivity (Wildman–Crippen MR) is 108 cm³/mol. The molecule has 3 saturated carbocycles. The van der Waals surface area contributed by atoms with E-state index in [4.69, 9.17) is 4.74 Å². The van der Waals surface area contributed by atoms with E-state index in [2.05, 4.69) is 6.92 Å². The van der Waals surface area contributed by atoms with E-state index >= 15 is 0 Å². The third-order valence-electron chi connectivity index (χ3n) is 7.99. The molecule has 0 saturated heterocycles. The molecule has 3 aliphatic rings. The van der Waals surface area contributed by atoms with Crippen molar-refractivity contribution in [2.45, 2.75) is 97.3 Å². The molecule has 0 aromatic rings. The standard InChI is InChI=1S/C24H40O3/c1-3-5-17-6-8-18(9-7-17)19-10-12-20(13-11-19)21-14-15-22(23(25)16-21)24(26)27-4-2/h17-22H,3-16H2,1-2H3/t17-,18-,19-,20-,21?,22?. The molecule has 2 atom stereocenters. The summed E-state index contributed by atoms with van der Waals surface area (Å²) < 4.78 is 5.08. The van der Waals surface area contributed by atoms with E-state index < -0.39 is 5.92 Å². The van der Waals surface area contributed by atoms with Crippen molar-refractivity contribution in [1.29, 1.82) is 0 Å². The molecule has 0 aromatic carbocycles. The van der Waals surface area contributed by atoms with E-state index in [1.54, 1.807) is 0 Å². The highest BCUT2D eigenvalue weighted by molar-refractivity contribution is 5.99. The minimum absolute atomic E-state index is 0.140. The van der Waals surface area contributed by atoms with Crippen molar-refractivity contribution in [1.82, 2.24) is 0 Å². The van der Waals surface area contributed by atoms with Crippen LogP contribution in [0, 0.1) is 35.5 Å². The van der Waals surface area contributed by atoms with Gasteiger partial charge < -0.3 is 4.74 Å². The van der Waals surface area contributed by atoms with Crippen LogP contribution in [0.2, 0.25) is 0 Å². The summed E-state index contributed by atoms with van der Waals surface area (Å²) in [5.74, 6) is 3.52. The van der Waals surface area contributed by atoms with Gasteiger partial charge in [-0.15, -0.1) is 0 Å². The second kappa shape index (κ2) is 10.1. The van der Waals surface area contributed by atoms with Gasteiger partial charge in [0.15, 0.2) is 0 Å². The van der Waals surface area contributed by atoms with Gasteiger partial charge in [0.05, 0.1) is 6.61 Å². The minimum atomic E-state index is -0.476. The van der Waals surface area contributed by atoms with Crippen molar-refractivity contribution < 1.29 is 14.3 Å². The first-order chi connectivity index (χ1) is 13.1. The lowest BCUT2D eigenvalue weighted by molar-refractivity contribution is -0.153. The lowest BCUT2D eigenvalue weighted by Gasteiger charge is -2.41. The molecular weight excluding hydrogens is 336 g/mol. The van der Waals surface area contributed by atoms with Gasteiger partial charge in [-0.2, -0.15) is 0 Å².